The van der Waals surface area contributed by atoms with E-state index in [0.717, 1.165) is 43.4 Å². The first-order valence-corrected chi connectivity index (χ1v) is 12.9. The van der Waals surface area contributed by atoms with Crippen molar-refractivity contribution in [1.82, 2.24) is 0 Å². The molecule has 3 fully saturated rings. The molecule has 0 aliphatic heterocycles. The zero-order valence-corrected chi connectivity index (χ0v) is 20.4. The molecule has 0 bridgehead atoms. The smallest absolute Gasteiger partial charge is 0.108 e. The largest absolute Gasteiger partial charge is 0.393 e. The number of fused-ring (bicyclic) bond motifs is 5. The van der Waals surface area contributed by atoms with Gasteiger partial charge >= 0.3 is 0 Å². The van der Waals surface area contributed by atoms with Gasteiger partial charge in [0.25, 0.3) is 0 Å². The molecule has 3 saturated carbocycles. The van der Waals surface area contributed by atoms with E-state index in [1.165, 1.54) is 32.1 Å². The molecular weight excluding hydrogens is 384 g/mol. The average Bonchev–Trinajstić information content (AvgIpc) is 3.09. The van der Waals surface area contributed by atoms with E-state index in [9.17, 15) is 15.3 Å². The third kappa shape index (κ3) is 3.77. The molecular formula is C28H46O3. The topological polar surface area (TPSA) is 60.7 Å². The molecule has 0 radical (unpaired) electrons. The van der Waals surface area contributed by atoms with Crippen LogP contribution in [0.2, 0.25) is 0 Å². The Labute approximate surface area is 190 Å². The van der Waals surface area contributed by atoms with E-state index in [1.807, 2.05) is 6.92 Å². The van der Waals surface area contributed by atoms with E-state index >= 15 is 0 Å². The summed E-state index contributed by atoms with van der Waals surface area (Å²) < 4.78 is 0. The summed E-state index contributed by atoms with van der Waals surface area (Å²) in [6.45, 7) is 13.0. The van der Waals surface area contributed by atoms with Crippen LogP contribution in [0.1, 0.15) is 91.9 Å². The standard InChI is InChI=1S/C28H46O3/c1-18(2)28(31,17-29)15-10-19(3)23-8-9-24-22-7-6-20-16-21(30)11-13-26(20,4)25(22)12-14-27(23,24)5/h6,19,21-25,29-31H,1,7-17H2,2-5H3. The lowest BCUT2D eigenvalue weighted by Gasteiger charge is -2.58. The first kappa shape index (κ1) is 23.5. The van der Waals surface area contributed by atoms with Gasteiger partial charge in [0.15, 0.2) is 0 Å². The Kier molecular flexibility index (Phi) is 6.29. The fourth-order valence-corrected chi connectivity index (χ4v) is 8.71. The molecule has 3 heteroatoms. The molecule has 0 aromatic carbocycles. The number of allylic oxidation sites excluding steroid dienone is 1. The monoisotopic (exact) mass is 430 g/mol. The second kappa shape index (κ2) is 8.29. The van der Waals surface area contributed by atoms with E-state index in [2.05, 4.69) is 33.4 Å². The minimum Gasteiger partial charge on any atom is -0.393 e. The molecule has 0 heterocycles. The van der Waals surface area contributed by atoms with Crippen molar-refractivity contribution >= 4 is 0 Å². The van der Waals surface area contributed by atoms with Crippen LogP contribution >= 0.6 is 0 Å². The summed E-state index contributed by atoms with van der Waals surface area (Å²) in [5.41, 5.74) is 1.81. The van der Waals surface area contributed by atoms with Crippen LogP contribution in [0.15, 0.2) is 23.8 Å². The first-order valence-electron chi connectivity index (χ1n) is 12.9. The Morgan fingerprint density at radius 2 is 1.94 bits per heavy atom. The van der Waals surface area contributed by atoms with Gasteiger partial charge in [-0.2, -0.15) is 0 Å². The summed E-state index contributed by atoms with van der Waals surface area (Å²) >= 11 is 0. The van der Waals surface area contributed by atoms with E-state index in [1.54, 1.807) is 5.57 Å². The van der Waals surface area contributed by atoms with Gasteiger partial charge in [0.2, 0.25) is 0 Å². The molecule has 0 aromatic rings. The van der Waals surface area contributed by atoms with E-state index in [4.69, 9.17) is 0 Å². The Morgan fingerprint density at radius 1 is 1.19 bits per heavy atom. The highest BCUT2D eigenvalue weighted by Crippen LogP contribution is 2.67. The van der Waals surface area contributed by atoms with Crippen molar-refractivity contribution < 1.29 is 15.3 Å². The molecule has 4 aliphatic rings. The predicted octanol–water partition coefficient (Wildman–Crippen LogP) is 5.64. The van der Waals surface area contributed by atoms with Crippen LogP contribution in [0, 0.1) is 40.4 Å². The zero-order chi connectivity index (χ0) is 22.6. The highest BCUT2D eigenvalue weighted by molar-refractivity contribution is 5.25. The van der Waals surface area contributed by atoms with Crippen molar-refractivity contribution in [3.8, 4) is 0 Å². The summed E-state index contributed by atoms with van der Waals surface area (Å²) in [7, 11) is 0. The molecule has 31 heavy (non-hydrogen) atoms. The molecule has 3 nitrogen and oxygen atoms in total. The Bertz CT molecular complexity index is 728. The van der Waals surface area contributed by atoms with Gasteiger partial charge in [-0.3, -0.25) is 0 Å². The fourth-order valence-electron chi connectivity index (χ4n) is 8.71. The molecule has 3 N–H and O–H groups in total. The molecule has 4 rings (SSSR count). The lowest BCUT2D eigenvalue weighted by molar-refractivity contribution is -0.0594. The SMILES string of the molecule is C=C(C)C(O)(CO)CCC(C)C1CCC2C3CC=C4CC(O)CCC4(C)C3CCC12C. The zero-order valence-electron chi connectivity index (χ0n) is 20.4. The Hall–Kier alpha value is -0.640. The van der Waals surface area contributed by atoms with Crippen LogP contribution in [-0.4, -0.2) is 33.6 Å². The number of aliphatic hydroxyl groups excluding tert-OH is 2. The van der Waals surface area contributed by atoms with Crippen LogP contribution in [0.3, 0.4) is 0 Å². The van der Waals surface area contributed by atoms with Gasteiger partial charge in [-0.05, 0) is 117 Å². The minimum absolute atomic E-state index is 0.127. The maximum atomic E-state index is 10.7. The van der Waals surface area contributed by atoms with Gasteiger partial charge < -0.3 is 15.3 Å². The highest BCUT2D eigenvalue weighted by Gasteiger charge is 2.59. The van der Waals surface area contributed by atoms with Crippen molar-refractivity contribution in [2.24, 2.45) is 40.4 Å². The van der Waals surface area contributed by atoms with E-state index in [-0.39, 0.29) is 12.7 Å². The van der Waals surface area contributed by atoms with Gasteiger partial charge in [0.05, 0.1) is 12.7 Å². The summed E-state index contributed by atoms with van der Waals surface area (Å²) in [5, 5.41) is 30.7. The fraction of sp³-hybridized carbons (Fsp3) is 0.857. The van der Waals surface area contributed by atoms with Crippen molar-refractivity contribution in [2.75, 3.05) is 6.61 Å². The molecule has 4 aliphatic carbocycles. The quantitative estimate of drug-likeness (QED) is 0.478. The highest BCUT2D eigenvalue weighted by atomic mass is 16.3. The van der Waals surface area contributed by atoms with Crippen molar-refractivity contribution in [1.29, 1.82) is 0 Å². The summed E-state index contributed by atoms with van der Waals surface area (Å²) in [6, 6.07) is 0. The maximum Gasteiger partial charge on any atom is 0.108 e. The van der Waals surface area contributed by atoms with Gasteiger partial charge in [0.1, 0.15) is 5.60 Å². The van der Waals surface area contributed by atoms with Crippen LogP contribution in [0.25, 0.3) is 0 Å². The van der Waals surface area contributed by atoms with E-state index in [0.29, 0.717) is 34.7 Å². The molecule has 176 valence electrons. The number of hydrogen-bond donors (Lipinski definition) is 3. The van der Waals surface area contributed by atoms with E-state index < -0.39 is 5.60 Å². The predicted molar refractivity (Wildman–Crippen MR) is 126 cm³/mol. The lowest BCUT2D eigenvalue weighted by atomic mass is 9.47. The van der Waals surface area contributed by atoms with Crippen LogP contribution in [0.4, 0.5) is 0 Å². The second-order valence-corrected chi connectivity index (χ2v) is 12.4. The van der Waals surface area contributed by atoms with Gasteiger partial charge in [-0.25, -0.2) is 0 Å². The number of aliphatic hydroxyl groups is 3. The first-order chi connectivity index (χ1) is 14.5. The van der Waals surface area contributed by atoms with Gasteiger partial charge in [-0.1, -0.05) is 39.0 Å². The Balaban J connectivity index is 1.49. The summed E-state index contributed by atoms with van der Waals surface area (Å²) in [4.78, 5) is 0. The van der Waals surface area contributed by atoms with Crippen LogP contribution in [0.5, 0.6) is 0 Å². The van der Waals surface area contributed by atoms with Crippen LogP contribution in [-0.2, 0) is 0 Å². The normalized spacial score (nSPS) is 45.0. The van der Waals surface area contributed by atoms with Crippen molar-refractivity contribution in [3.05, 3.63) is 23.8 Å². The lowest BCUT2D eigenvalue weighted by Crippen LogP contribution is -2.50. The van der Waals surface area contributed by atoms with Crippen molar-refractivity contribution in [2.45, 2.75) is 104 Å². The van der Waals surface area contributed by atoms with Gasteiger partial charge in [-0.15, -0.1) is 0 Å². The summed E-state index contributed by atoms with van der Waals surface area (Å²) in [6.07, 6.45) is 13.5. The second-order valence-electron chi connectivity index (χ2n) is 12.4. The molecule has 0 saturated heterocycles. The minimum atomic E-state index is -1.13. The average molecular weight is 431 g/mol. The third-order valence-electron chi connectivity index (χ3n) is 10.9. The molecule has 0 aromatic heterocycles. The van der Waals surface area contributed by atoms with Crippen molar-refractivity contribution in [3.63, 3.8) is 0 Å². The summed E-state index contributed by atoms with van der Waals surface area (Å²) in [5.74, 6) is 3.65. The third-order valence-corrected chi connectivity index (χ3v) is 10.9. The van der Waals surface area contributed by atoms with Crippen LogP contribution < -0.4 is 0 Å². The number of rotatable bonds is 6. The number of hydrogen-bond acceptors (Lipinski definition) is 3. The molecule has 0 amide bonds. The Morgan fingerprint density at radius 3 is 2.61 bits per heavy atom. The maximum absolute atomic E-state index is 10.7. The molecule has 9 unspecified atom stereocenters. The van der Waals surface area contributed by atoms with Gasteiger partial charge in [0, 0.05) is 0 Å². The molecule has 0 spiro atoms. The molecule has 9 atom stereocenters.